The van der Waals surface area contributed by atoms with E-state index in [0.29, 0.717) is 0 Å². The van der Waals surface area contributed by atoms with Crippen LogP contribution in [0.4, 0.5) is 17.2 Å². The van der Waals surface area contributed by atoms with E-state index >= 15 is 0 Å². The summed E-state index contributed by atoms with van der Waals surface area (Å²) in [5, 5.41) is 5.11. The minimum Gasteiger partial charge on any atom is -0.294 e. The molecular weight excluding hydrogens is 619 g/mol. The quantitative estimate of drug-likeness (QED) is 0.179. The largest absolute Gasteiger partial charge is 0.294 e. The molecule has 1 aliphatic carbocycles. The Bertz CT molecular complexity index is 2580. The first-order chi connectivity index (χ1) is 25.3. The number of rotatable bonds is 6. The van der Waals surface area contributed by atoms with Crippen LogP contribution in [0.3, 0.4) is 0 Å². The van der Waals surface area contributed by atoms with Crippen molar-refractivity contribution in [2.45, 2.75) is 0 Å². The molecule has 51 heavy (non-hydrogen) atoms. The molecule has 1 aliphatic rings. The molecule has 0 fully saturated rings. The van der Waals surface area contributed by atoms with Crippen LogP contribution in [0.1, 0.15) is 0 Å². The average molecular weight is 650 g/mol. The van der Waals surface area contributed by atoms with E-state index in [1.165, 1.54) is 77.2 Å². The van der Waals surface area contributed by atoms with Gasteiger partial charge in [0.2, 0.25) is 0 Å². The molecule has 3 nitrogen and oxygen atoms in total. The summed E-state index contributed by atoms with van der Waals surface area (Å²) in [6, 6.07) is 61.4. The van der Waals surface area contributed by atoms with Gasteiger partial charge in [-0.1, -0.05) is 146 Å². The van der Waals surface area contributed by atoms with Crippen LogP contribution in [0.5, 0.6) is 0 Å². The van der Waals surface area contributed by atoms with Gasteiger partial charge in [0.25, 0.3) is 0 Å². The van der Waals surface area contributed by atoms with E-state index in [9.17, 15) is 0 Å². The summed E-state index contributed by atoms with van der Waals surface area (Å²) in [6.45, 7) is 0. The van der Waals surface area contributed by atoms with Crippen molar-refractivity contribution in [1.82, 2.24) is 9.97 Å². The van der Waals surface area contributed by atoms with Crippen molar-refractivity contribution in [3.05, 3.63) is 188 Å². The van der Waals surface area contributed by atoms with Crippen LogP contribution in [-0.4, -0.2) is 9.97 Å². The number of fused-ring (bicyclic) bond motifs is 4. The minimum absolute atomic E-state index is 0.773. The third kappa shape index (κ3) is 4.67. The highest BCUT2D eigenvalue weighted by molar-refractivity contribution is 6.28. The smallest absolute Gasteiger partial charge is 0.156 e. The highest BCUT2D eigenvalue weighted by Crippen LogP contribution is 2.58. The van der Waals surface area contributed by atoms with Crippen molar-refractivity contribution in [1.29, 1.82) is 0 Å². The lowest BCUT2D eigenvalue weighted by atomic mass is 9.82. The Hall–Kier alpha value is -6.84. The van der Waals surface area contributed by atoms with Gasteiger partial charge in [0.1, 0.15) is 0 Å². The number of hydrogen-bond donors (Lipinski definition) is 0. The molecule has 8 aromatic carbocycles. The average Bonchev–Trinajstić information content (AvgIpc) is 3.54. The maximum Gasteiger partial charge on any atom is 0.156 e. The van der Waals surface area contributed by atoms with Gasteiger partial charge in [-0.25, -0.2) is 4.98 Å². The van der Waals surface area contributed by atoms with Gasteiger partial charge >= 0.3 is 0 Å². The van der Waals surface area contributed by atoms with E-state index < -0.39 is 0 Å². The molecule has 238 valence electrons. The van der Waals surface area contributed by atoms with Crippen LogP contribution in [0.25, 0.3) is 77.2 Å². The lowest BCUT2D eigenvalue weighted by Gasteiger charge is -2.24. The fraction of sp³-hybridized carbons (Fsp3) is 0. The van der Waals surface area contributed by atoms with Gasteiger partial charge in [-0.3, -0.25) is 9.88 Å². The molecule has 0 spiro atoms. The van der Waals surface area contributed by atoms with Crippen LogP contribution in [-0.2, 0) is 0 Å². The van der Waals surface area contributed by atoms with Crippen LogP contribution < -0.4 is 4.90 Å². The standard InChI is InChI=1S/C48H31N3/c1-4-13-33(14-5-1)44-39-19-10-11-20-40(39)45(34-15-6-2-7-16-34)48-42-28-27-37(38-21-12-22-41(46(38)42)47(44)48)32-23-25-36(26-24-32)51(35-17-8-3-9-18-35)43-31-49-29-30-50-43/h1-31H. The fourth-order valence-corrected chi connectivity index (χ4v) is 8.05. The molecule has 0 bridgehead atoms. The lowest BCUT2D eigenvalue weighted by molar-refractivity contribution is 1.12. The van der Waals surface area contributed by atoms with Gasteiger partial charge in [-0.2, -0.15) is 0 Å². The number of anilines is 3. The van der Waals surface area contributed by atoms with Gasteiger partial charge in [-0.15, -0.1) is 0 Å². The molecule has 0 atom stereocenters. The molecular formula is C48H31N3. The van der Waals surface area contributed by atoms with Gasteiger partial charge < -0.3 is 0 Å². The molecule has 10 rings (SSSR count). The van der Waals surface area contributed by atoms with Gasteiger partial charge in [0, 0.05) is 23.8 Å². The summed E-state index contributed by atoms with van der Waals surface area (Å²) >= 11 is 0. The van der Waals surface area contributed by atoms with Crippen molar-refractivity contribution < 1.29 is 0 Å². The third-order valence-electron chi connectivity index (χ3n) is 10.1. The van der Waals surface area contributed by atoms with Crippen LogP contribution >= 0.6 is 0 Å². The molecule has 1 heterocycles. The Balaban J connectivity index is 1.19. The highest BCUT2D eigenvalue weighted by Gasteiger charge is 2.31. The van der Waals surface area contributed by atoms with Crippen molar-refractivity contribution in [3.63, 3.8) is 0 Å². The van der Waals surface area contributed by atoms with E-state index in [4.69, 9.17) is 0 Å². The second-order valence-corrected chi connectivity index (χ2v) is 12.9. The molecule has 0 N–H and O–H groups in total. The van der Waals surface area contributed by atoms with Crippen molar-refractivity contribution in [3.8, 4) is 55.6 Å². The number of benzene rings is 8. The van der Waals surface area contributed by atoms with E-state index in [1.807, 2.05) is 18.2 Å². The van der Waals surface area contributed by atoms with Crippen LogP contribution in [0, 0.1) is 0 Å². The molecule has 0 aliphatic heterocycles. The topological polar surface area (TPSA) is 29.0 Å². The van der Waals surface area contributed by atoms with Crippen molar-refractivity contribution in [2.75, 3.05) is 4.90 Å². The Morgan fingerprint density at radius 1 is 0.353 bits per heavy atom. The van der Waals surface area contributed by atoms with E-state index in [1.54, 1.807) is 18.6 Å². The van der Waals surface area contributed by atoms with E-state index in [2.05, 4.69) is 167 Å². The zero-order chi connectivity index (χ0) is 33.7. The number of aromatic nitrogens is 2. The monoisotopic (exact) mass is 649 g/mol. The molecule has 0 amide bonds. The maximum atomic E-state index is 4.64. The summed E-state index contributed by atoms with van der Waals surface area (Å²) in [4.78, 5) is 11.1. The zero-order valence-corrected chi connectivity index (χ0v) is 27.7. The summed E-state index contributed by atoms with van der Waals surface area (Å²) in [7, 11) is 0. The summed E-state index contributed by atoms with van der Waals surface area (Å²) in [5.74, 6) is 0.773. The summed E-state index contributed by atoms with van der Waals surface area (Å²) in [5.41, 5.74) is 14.7. The second kappa shape index (κ2) is 11.9. The Kier molecular flexibility index (Phi) is 6.81. The molecule has 3 heteroatoms. The van der Waals surface area contributed by atoms with Crippen molar-refractivity contribution in [2.24, 2.45) is 0 Å². The fourth-order valence-electron chi connectivity index (χ4n) is 8.05. The SMILES string of the molecule is c1ccc(-c2c3c(c(-c4ccccc4)c4ccccc24)-c2ccc(-c4ccc(N(c5ccccc5)c5cnccn5)cc4)c4cccc-3c24)cc1. The number of nitrogens with zero attached hydrogens (tertiary/aromatic N) is 3. The summed E-state index contributed by atoms with van der Waals surface area (Å²) in [6.07, 6.45) is 5.25. The second-order valence-electron chi connectivity index (χ2n) is 12.9. The Morgan fingerprint density at radius 3 is 1.49 bits per heavy atom. The highest BCUT2D eigenvalue weighted by atomic mass is 15.2. The molecule has 9 aromatic rings. The van der Waals surface area contributed by atoms with Crippen LogP contribution in [0.2, 0.25) is 0 Å². The first kappa shape index (κ1) is 29.1. The molecule has 1 aromatic heterocycles. The molecule has 0 saturated heterocycles. The van der Waals surface area contributed by atoms with Crippen molar-refractivity contribution >= 4 is 38.7 Å². The molecule has 0 unspecified atom stereocenters. The lowest BCUT2D eigenvalue weighted by Crippen LogP contribution is -2.11. The molecule has 0 radical (unpaired) electrons. The molecule has 0 saturated carbocycles. The first-order valence-electron chi connectivity index (χ1n) is 17.3. The Labute approximate surface area is 296 Å². The zero-order valence-electron chi connectivity index (χ0n) is 27.7. The third-order valence-corrected chi connectivity index (χ3v) is 10.1. The van der Waals surface area contributed by atoms with E-state index in [0.717, 1.165) is 17.2 Å². The first-order valence-corrected chi connectivity index (χ1v) is 17.3. The Morgan fingerprint density at radius 2 is 0.882 bits per heavy atom. The summed E-state index contributed by atoms with van der Waals surface area (Å²) < 4.78 is 0. The number of hydrogen-bond acceptors (Lipinski definition) is 3. The van der Waals surface area contributed by atoms with Gasteiger partial charge in [-0.05, 0) is 101 Å². The predicted octanol–water partition coefficient (Wildman–Crippen LogP) is 12.9. The van der Waals surface area contributed by atoms with Gasteiger partial charge in [0.15, 0.2) is 5.82 Å². The van der Waals surface area contributed by atoms with E-state index in [-0.39, 0.29) is 0 Å². The van der Waals surface area contributed by atoms with Crippen LogP contribution in [0.15, 0.2) is 188 Å². The normalized spacial score (nSPS) is 11.5. The predicted molar refractivity (Wildman–Crippen MR) is 212 cm³/mol. The minimum atomic E-state index is 0.773. The number of para-hydroxylation sites is 1. The maximum absolute atomic E-state index is 4.64. The van der Waals surface area contributed by atoms with Gasteiger partial charge in [0.05, 0.1) is 6.20 Å².